The number of carbonyl (C=O) groups is 1. The van der Waals surface area contributed by atoms with Crippen molar-refractivity contribution < 1.29 is 9.90 Å². The molecule has 0 radical (unpaired) electrons. The normalized spacial score (nSPS) is 24.5. The first kappa shape index (κ1) is 12.6. The van der Waals surface area contributed by atoms with Crippen molar-refractivity contribution >= 4 is 22.6 Å². The summed E-state index contributed by atoms with van der Waals surface area (Å²) < 4.78 is 0. The van der Waals surface area contributed by atoms with Crippen LogP contribution in [0.15, 0.2) is 24.3 Å². The molecule has 108 valence electrons. The molecule has 0 bridgehead atoms. The molecule has 5 heteroatoms. The number of benzene rings is 1. The van der Waals surface area contributed by atoms with Gasteiger partial charge in [0.15, 0.2) is 6.23 Å². The van der Waals surface area contributed by atoms with Gasteiger partial charge in [0, 0.05) is 17.5 Å². The molecule has 2 aliphatic rings. The summed E-state index contributed by atoms with van der Waals surface area (Å²) in [5, 5.41) is 14.0. The predicted molar refractivity (Wildman–Crippen MR) is 80.0 cm³/mol. The van der Waals surface area contributed by atoms with E-state index in [0.717, 1.165) is 41.7 Å². The van der Waals surface area contributed by atoms with E-state index in [2.05, 4.69) is 5.32 Å². The highest BCUT2D eigenvalue weighted by atomic mass is 16.3. The van der Waals surface area contributed by atoms with Gasteiger partial charge in [0.2, 0.25) is 5.91 Å². The fraction of sp³-hybridized carbons (Fsp3) is 0.375. The number of hydrogen-bond donors (Lipinski definition) is 2. The molecule has 1 saturated heterocycles. The molecule has 21 heavy (non-hydrogen) atoms. The summed E-state index contributed by atoms with van der Waals surface area (Å²) >= 11 is 0. The molecule has 0 spiro atoms. The fourth-order valence-corrected chi connectivity index (χ4v) is 3.33. The number of nitrogens with zero attached hydrogens (tertiary/aromatic N) is 2. The summed E-state index contributed by atoms with van der Waals surface area (Å²) in [6, 6.07) is 7.79. The van der Waals surface area contributed by atoms with Crippen molar-refractivity contribution in [3.05, 3.63) is 35.4 Å². The highest BCUT2D eigenvalue weighted by Gasteiger charge is 2.38. The van der Waals surface area contributed by atoms with Crippen LogP contribution in [0.25, 0.3) is 10.9 Å². The Morgan fingerprint density at radius 2 is 2.24 bits per heavy atom. The summed E-state index contributed by atoms with van der Waals surface area (Å²) in [5.74, 6) is 0.623. The molecule has 2 aliphatic heterocycles. The topological polar surface area (TPSA) is 65.5 Å². The monoisotopic (exact) mass is 283 g/mol. The summed E-state index contributed by atoms with van der Waals surface area (Å²) in [6.45, 7) is 2.84. The third kappa shape index (κ3) is 1.88. The van der Waals surface area contributed by atoms with Crippen molar-refractivity contribution in [2.45, 2.75) is 32.0 Å². The number of aliphatic hydroxyl groups excluding tert-OH is 1. The molecular formula is C16H17N3O2. The molecular weight excluding hydrogens is 266 g/mol. The second-order valence-electron chi connectivity index (χ2n) is 5.86. The number of nitrogens with one attached hydrogen (secondary N) is 1. The number of anilines is 1. The van der Waals surface area contributed by atoms with Crippen molar-refractivity contribution in [2.75, 3.05) is 11.4 Å². The van der Waals surface area contributed by atoms with E-state index in [9.17, 15) is 9.90 Å². The van der Waals surface area contributed by atoms with Crippen LogP contribution in [0.4, 0.5) is 5.82 Å². The minimum Gasteiger partial charge on any atom is -0.369 e. The maximum Gasteiger partial charge on any atom is 0.245 e. The summed E-state index contributed by atoms with van der Waals surface area (Å²) in [5.41, 5.74) is 2.73. The number of pyridine rings is 1. The number of aromatic nitrogens is 1. The van der Waals surface area contributed by atoms with Gasteiger partial charge >= 0.3 is 0 Å². The quantitative estimate of drug-likeness (QED) is 0.771. The zero-order chi connectivity index (χ0) is 14.6. The van der Waals surface area contributed by atoms with Crippen LogP contribution >= 0.6 is 0 Å². The Kier molecular flexibility index (Phi) is 2.65. The number of carbonyl (C=O) groups excluding carboxylic acids is 1. The number of rotatable bonds is 0. The molecule has 1 fully saturated rings. The van der Waals surface area contributed by atoms with Crippen molar-refractivity contribution in [1.82, 2.24) is 10.3 Å². The number of amides is 1. The van der Waals surface area contributed by atoms with Crippen LogP contribution in [0.2, 0.25) is 0 Å². The Balaban J connectivity index is 1.96. The van der Waals surface area contributed by atoms with E-state index in [0.29, 0.717) is 5.56 Å². The average Bonchev–Trinajstić information content (AvgIpc) is 2.91. The van der Waals surface area contributed by atoms with E-state index < -0.39 is 6.23 Å². The maximum absolute atomic E-state index is 12.2. The minimum absolute atomic E-state index is 0.113. The third-order valence-electron chi connectivity index (χ3n) is 4.38. The van der Waals surface area contributed by atoms with E-state index in [1.54, 1.807) is 0 Å². The highest BCUT2D eigenvalue weighted by molar-refractivity contribution is 5.90. The molecule has 1 aromatic heterocycles. The Labute approximate surface area is 122 Å². The Bertz CT molecular complexity index is 744. The molecule has 2 aromatic rings. The number of hydrogen-bond acceptors (Lipinski definition) is 4. The predicted octanol–water partition coefficient (Wildman–Crippen LogP) is 1.63. The van der Waals surface area contributed by atoms with E-state index in [4.69, 9.17) is 4.98 Å². The number of fused-ring (bicyclic) bond motifs is 4. The Hall–Kier alpha value is -2.14. The smallest absolute Gasteiger partial charge is 0.245 e. The van der Waals surface area contributed by atoms with Crippen LogP contribution in [0.1, 0.15) is 30.2 Å². The van der Waals surface area contributed by atoms with Crippen molar-refractivity contribution in [2.24, 2.45) is 0 Å². The van der Waals surface area contributed by atoms with Crippen LogP contribution in [0, 0.1) is 6.92 Å². The lowest BCUT2D eigenvalue weighted by Crippen LogP contribution is -2.41. The average molecular weight is 283 g/mol. The number of aliphatic hydroxyl groups is 1. The van der Waals surface area contributed by atoms with Crippen molar-refractivity contribution in [3.63, 3.8) is 0 Å². The lowest BCUT2D eigenvalue weighted by atomic mass is 10.1. The van der Waals surface area contributed by atoms with Gasteiger partial charge < -0.3 is 15.3 Å². The molecule has 4 rings (SSSR count). The molecule has 0 aliphatic carbocycles. The first-order valence-electron chi connectivity index (χ1n) is 7.30. The van der Waals surface area contributed by atoms with Crippen LogP contribution in [0.3, 0.4) is 0 Å². The molecule has 2 atom stereocenters. The summed E-state index contributed by atoms with van der Waals surface area (Å²) in [7, 11) is 0. The zero-order valence-corrected chi connectivity index (χ0v) is 11.8. The SMILES string of the molecule is Cc1ccc2nc3c(cc2c1)[C@@H](O)NC(=O)[C@H]1CCCN31. The highest BCUT2D eigenvalue weighted by Crippen LogP contribution is 2.35. The molecule has 1 amide bonds. The van der Waals surface area contributed by atoms with Crippen LogP contribution < -0.4 is 10.2 Å². The Morgan fingerprint density at radius 1 is 1.38 bits per heavy atom. The van der Waals surface area contributed by atoms with E-state index in [1.807, 2.05) is 36.1 Å². The van der Waals surface area contributed by atoms with E-state index >= 15 is 0 Å². The van der Waals surface area contributed by atoms with Gasteiger partial charge in [-0.1, -0.05) is 11.6 Å². The van der Waals surface area contributed by atoms with Gasteiger partial charge in [-0.15, -0.1) is 0 Å². The summed E-state index contributed by atoms with van der Waals surface area (Å²) in [6.07, 6.45) is 0.794. The third-order valence-corrected chi connectivity index (χ3v) is 4.38. The van der Waals surface area contributed by atoms with Gasteiger partial charge in [-0.25, -0.2) is 4.98 Å². The Morgan fingerprint density at radius 3 is 3.10 bits per heavy atom. The maximum atomic E-state index is 12.2. The van der Waals surface area contributed by atoms with E-state index in [-0.39, 0.29) is 11.9 Å². The molecule has 5 nitrogen and oxygen atoms in total. The van der Waals surface area contributed by atoms with Crippen molar-refractivity contribution in [3.8, 4) is 0 Å². The van der Waals surface area contributed by atoms with Crippen LogP contribution in [-0.2, 0) is 4.79 Å². The molecule has 0 saturated carbocycles. The first-order valence-corrected chi connectivity index (χ1v) is 7.30. The van der Waals surface area contributed by atoms with Gasteiger partial charge in [-0.3, -0.25) is 4.79 Å². The number of aryl methyl sites for hydroxylation is 1. The van der Waals surface area contributed by atoms with Gasteiger partial charge in [0.1, 0.15) is 11.9 Å². The fourth-order valence-electron chi connectivity index (χ4n) is 3.33. The first-order chi connectivity index (χ1) is 10.1. The second-order valence-corrected chi connectivity index (χ2v) is 5.86. The van der Waals surface area contributed by atoms with Gasteiger partial charge in [0.25, 0.3) is 0 Å². The minimum atomic E-state index is -0.990. The van der Waals surface area contributed by atoms with Gasteiger partial charge in [-0.2, -0.15) is 0 Å². The van der Waals surface area contributed by atoms with Crippen LogP contribution in [0.5, 0.6) is 0 Å². The largest absolute Gasteiger partial charge is 0.369 e. The van der Waals surface area contributed by atoms with Gasteiger partial charge in [-0.05, 0) is 38.0 Å². The molecule has 0 unspecified atom stereocenters. The lowest BCUT2D eigenvalue weighted by molar-refractivity contribution is -0.124. The second kappa shape index (κ2) is 4.43. The van der Waals surface area contributed by atoms with Crippen LogP contribution in [-0.4, -0.2) is 28.6 Å². The van der Waals surface area contributed by atoms with Crippen molar-refractivity contribution in [1.29, 1.82) is 0 Å². The standard InChI is InChI=1S/C16H17N3O2/c1-9-4-5-12-10(7-9)8-11-14(17-12)19-6-2-3-13(19)16(21)18-15(11)20/h4-5,7-8,13,15,20H,2-3,6H2,1H3,(H,18,21)/t13-,15-/m1/s1. The van der Waals surface area contributed by atoms with Gasteiger partial charge in [0.05, 0.1) is 5.52 Å². The van der Waals surface area contributed by atoms with E-state index in [1.165, 1.54) is 0 Å². The molecule has 2 N–H and O–H groups in total. The molecule has 1 aromatic carbocycles. The zero-order valence-electron chi connectivity index (χ0n) is 11.8. The lowest BCUT2D eigenvalue weighted by Gasteiger charge is -2.23. The molecule has 3 heterocycles. The summed E-state index contributed by atoms with van der Waals surface area (Å²) in [4.78, 5) is 18.9.